The van der Waals surface area contributed by atoms with Crippen molar-refractivity contribution in [2.45, 2.75) is 32.0 Å². The van der Waals surface area contributed by atoms with Crippen molar-refractivity contribution in [1.82, 2.24) is 14.5 Å². The second kappa shape index (κ2) is 9.00. The molecule has 1 saturated heterocycles. The molecule has 7 nitrogen and oxygen atoms in total. The molecule has 0 spiro atoms. The van der Waals surface area contributed by atoms with Gasteiger partial charge in [0.05, 0.1) is 7.11 Å². The van der Waals surface area contributed by atoms with E-state index >= 15 is 0 Å². The van der Waals surface area contributed by atoms with Gasteiger partial charge in [-0.2, -0.15) is 11.8 Å². The van der Waals surface area contributed by atoms with Gasteiger partial charge in [0.25, 0.3) is 5.56 Å². The normalized spacial score (nSPS) is 19.4. The minimum Gasteiger partial charge on any atom is -0.488 e. The number of hydrogen-bond acceptors (Lipinski definition) is 7. The highest BCUT2D eigenvalue weighted by molar-refractivity contribution is 7.99. The lowest BCUT2D eigenvalue weighted by Gasteiger charge is -2.26. The molecular formula is C21H25N3O4S. The second-order valence-corrected chi connectivity index (χ2v) is 8.41. The number of carbonyl (C=O) groups excluding carboxylic acids is 1. The van der Waals surface area contributed by atoms with Gasteiger partial charge in [-0.15, -0.1) is 0 Å². The Labute approximate surface area is 174 Å². The van der Waals surface area contributed by atoms with E-state index in [2.05, 4.69) is 9.88 Å². The van der Waals surface area contributed by atoms with E-state index in [1.807, 2.05) is 23.9 Å². The predicted molar refractivity (Wildman–Crippen MR) is 112 cm³/mol. The number of carbonyl (C=O) groups is 1. The van der Waals surface area contributed by atoms with Crippen LogP contribution in [0.2, 0.25) is 0 Å². The van der Waals surface area contributed by atoms with Gasteiger partial charge in [0.1, 0.15) is 17.9 Å². The number of fused-ring (bicyclic) bond motifs is 1. The quantitative estimate of drug-likeness (QED) is 0.691. The third-order valence-electron chi connectivity index (χ3n) is 5.58. The van der Waals surface area contributed by atoms with E-state index in [4.69, 9.17) is 9.47 Å². The molecule has 0 aromatic carbocycles. The Morgan fingerprint density at radius 1 is 1.28 bits per heavy atom. The molecule has 2 aromatic rings. The number of esters is 1. The fourth-order valence-corrected chi connectivity index (χ4v) is 5.27. The van der Waals surface area contributed by atoms with Crippen LogP contribution in [0, 0.1) is 0 Å². The van der Waals surface area contributed by atoms with Crippen LogP contribution >= 0.6 is 11.8 Å². The van der Waals surface area contributed by atoms with Crippen LogP contribution in [0.25, 0.3) is 0 Å². The molecule has 1 atom stereocenters. The van der Waals surface area contributed by atoms with Gasteiger partial charge in [-0.05, 0) is 29.9 Å². The van der Waals surface area contributed by atoms with Crippen molar-refractivity contribution in [3.63, 3.8) is 0 Å². The molecule has 0 amide bonds. The van der Waals surface area contributed by atoms with Gasteiger partial charge in [0.2, 0.25) is 0 Å². The maximum Gasteiger partial charge on any atom is 0.343 e. The summed E-state index contributed by atoms with van der Waals surface area (Å²) in [6, 6.07) is 5.64. The van der Waals surface area contributed by atoms with Gasteiger partial charge in [0, 0.05) is 62.0 Å². The monoisotopic (exact) mass is 415 g/mol. The molecule has 2 aliphatic rings. The highest BCUT2D eigenvalue weighted by Gasteiger charge is 2.29. The van der Waals surface area contributed by atoms with Gasteiger partial charge in [0.15, 0.2) is 0 Å². The maximum atomic E-state index is 12.8. The average molecular weight is 416 g/mol. The van der Waals surface area contributed by atoms with Crippen LogP contribution in [0.4, 0.5) is 0 Å². The van der Waals surface area contributed by atoms with Gasteiger partial charge < -0.3 is 14.0 Å². The van der Waals surface area contributed by atoms with Crippen LogP contribution in [-0.2, 0) is 24.3 Å². The van der Waals surface area contributed by atoms with E-state index in [0.717, 1.165) is 24.4 Å². The number of nitrogens with zero attached hydrogens (tertiary/aromatic N) is 3. The standard InChI is InChI=1S/C21H25N3O4S/c1-27-21(26)20-17-4-8-23(16-5-11-29-14-16)9-10-24(17)19(25)12-18(20)28-13-15-2-6-22-7-3-15/h2-3,6-7,12,16H,4-5,8-11,13-14H2,1H3/t16-/m1/s1. The zero-order chi connectivity index (χ0) is 20.2. The third-order valence-corrected chi connectivity index (χ3v) is 6.73. The molecule has 0 saturated carbocycles. The number of methoxy groups -OCH3 is 1. The average Bonchev–Trinajstić information content (AvgIpc) is 3.19. The van der Waals surface area contributed by atoms with Crippen LogP contribution in [0.1, 0.15) is 28.0 Å². The van der Waals surface area contributed by atoms with Crippen molar-refractivity contribution in [2.75, 3.05) is 31.7 Å². The van der Waals surface area contributed by atoms with E-state index in [1.165, 1.54) is 25.3 Å². The topological polar surface area (TPSA) is 73.7 Å². The molecule has 2 aliphatic heterocycles. The molecule has 0 N–H and O–H groups in total. The zero-order valence-corrected chi connectivity index (χ0v) is 17.3. The summed E-state index contributed by atoms with van der Waals surface area (Å²) in [6.07, 6.45) is 5.16. The third kappa shape index (κ3) is 4.33. The number of thioether (sulfide) groups is 1. The van der Waals surface area contributed by atoms with Crippen LogP contribution in [0.3, 0.4) is 0 Å². The second-order valence-electron chi connectivity index (χ2n) is 7.26. The van der Waals surface area contributed by atoms with Crippen molar-refractivity contribution in [3.05, 3.63) is 57.8 Å². The van der Waals surface area contributed by atoms with Crippen LogP contribution in [0.15, 0.2) is 35.4 Å². The molecule has 0 aliphatic carbocycles. The Morgan fingerprint density at radius 2 is 2.10 bits per heavy atom. The summed E-state index contributed by atoms with van der Waals surface area (Å²) >= 11 is 1.98. The first-order chi connectivity index (χ1) is 14.2. The smallest absolute Gasteiger partial charge is 0.343 e. The SMILES string of the molecule is COC(=O)c1c(OCc2ccncc2)cc(=O)n2c1CCN([C@@H]1CCSC1)CC2. The summed E-state index contributed by atoms with van der Waals surface area (Å²) in [5.74, 6) is 2.14. The van der Waals surface area contributed by atoms with E-state index in [9.17, 15) is 9.59 Å². The lowest BCUT2D eigenvalue weighted by Crippen LogP contribution is -2.37. The van der Waals surface area contributed by atoms with Gasteiger partial charge in [-0.25, -0.2) is 4.79 Å². The molecule has 8 heteroatoms. The Kier molecular flexibility index (Phi) is 6.20. The first-order valence-electron chi connectivity index (χ1n) is 9.86. The van der Waals surface area contributed by atoms with Crippen molar-refractivity contribution in [1.29, 1.82) is 0 Å². The highest BCUT2D eigenvalue weighted by Crippen LogP contribution is 2.27. The summed E-state index contributed by atoms with van der Waals surface area (Å²) in [7, 11) is 1.36. The first kappa shape index (κ1) is 20.0. The molecule has 2 aromatic heterocycles. The fourth-order valence-electron chi connectivity index (χ4n) is 4.02. The van der Waals surface area contributed by atoms with Crippen LogP contribution in [0.5, 0.6) is 5.75 Å². The first-order valence-corrected chi connectivity index (χ1v) is 11.0. The lowest BCUT2D eigenvalue weighted by molar-refractivity contribution is 0.0592. The van der Waals surface area contributed by atoms with E-state index in [-0.39, 0.29) is 17.9 Å². The van der Waals surface area contributed by atoms with Crippen molar-refractivity contribution >= 4 is 17.7 Å². The summed E-state index contributed by atoms with van der Waals surface area (Å²) in [4.78, 5) is 31.9. The highest BCUT2D eigenvalue weighted by atomic mass is 32.2. The molecule has 29 heavy (non-hydrogen) atoms. The Balaban J connectivity index is 1.65. The van der Waals surface area contributed by atoms with Gasteiger partial charge >= 0.3 is 5.97 Å². The summed E-state index contributed by atoms with van der Waals surface area (Å²) < 4.78 is 12.7. The van der Waals surface area contributed by atoms with Crippen molar-refractivity contribution in [3.8, 4) is 5.75 Å². The fraction of sp³-hybridized carbons (Fsp3) is 0.476. The molecule has 0 unspecified atom stereocenters. The number of pyridine rings is 2. The molecule has 4 heterocycles. The summed E-state index contributed by atoms with van der Waals surface area (Å²) in [5.41, 5.74) is 1.85. The van der Waals surface area contributed by atoms with E-state index in [1.54, 1.807) is 17.0 Å². The predicted octanol–water partition coefficient (Wildman–Crippen LogP) is 1.97. The van der Waals surface area contributed by atoms with E-state index < -0.39 is 5.97 Å². The minimum atomic E-state index is -0.469. The number of ether oxygens (including phenoxy) is 2. The number of hydrogen-bond donors (Lipinski definition) is 0. The molecule has 1 fully saturated rings. The molecule has 0 bridgehead atoms. The summed E-state index contributed by atoms with van der Waals surface area (Å²) in [6.45, 7) is 2.46. The van der Waals surface area contributed by atoms with Crippen molar-refractivity contribution in [2.24, 2.45) is 0 Å². The Bertz CT molecular complexity index is 926. The molecule has 0 radical (unpaired) electrons. The Hall–Kier alpha value is -2.32. The molecule has 4 rings (SSSR count). The maximum absolute atomic E-state index is 12.8. The van der Waals surface area contributed by atoms with Gasteiger partial charge in [-0.1, -0.05) is 0 Å². The van der Waals surface area contributed by atoms with Gasteiger partial charge in [-0.3, -0.25) is 14.7 Å². The molecule has 154 valence electrons. The number of aromatic nitrogens is 2. The largest absolute Gasteiger partial charge is 0.488 e. The summed E-state index contributed by atoms with van der Waals surface area (Å²) in [5, 5.41) is 0. The zero-order valence-electron chi connectivity index (χ0n) is 16.5. The number of rotatable bonds is 5. The van der Waals surface area contributed by atoms with Crippen LogP contribution in [-0.4, -0.2) is 58.2 Å². The molecular weight excluding hydrogens is 390 g/mol. The van der Waals surface area contributed by atoms with Crippen molar-refractivity contribution < 1.29 is 14.3 Å². The minimum absolute atomic E-state index is 0.139. The van der Waals surface area contributed by atoms with E-state index in [0.29, 0.717) is 30.3 Å². The van der Waals surface area contributed by atoms with Crippen LogP contribution < -0.4 is 10.3 Å². The lowest BCUT2D eigenvalue weighted by atomic mass is 10.1. The Morgan fingerprint density at radius 3 is 2.83 bits per heavy atom.